The van der Waals surface area contributed by atoms with Crippen molar-refractivity contribution in [2.75, 3.05) is 20.8 Å². The number of aryl methyl sites for hydroxylation is 1. The summed E-state index contributed by atoms with van der Waals surface area (Å²) >= 11 is 5.85. The summed E-state index contributed by atoms with van der Waals surface area (Å²) in [6.45, 7) is 5.75. The molecule has 3 aromatic heterocycles. The van der Waals surface area contributed by atoms with Crippen LogP contribution in [-0.4, -0.2) is 64.2 Å². The molecule has 0 saturated heterocycles. The molecule has 3 atom stereocenters. The van der Waals surface area contributed by atoms with E-state index in [0.29, 0.717) is 23.3 Å². The van der Waals surface area contributed by atoms with Gasteiger partial charge in [-0.1, -0.05) is 11.6 Å². The Morgan fingerprint density at radius 3 is 2.39 bits per heavy atom. The number of aromatic nitrogens is 6. The number of halogens is 1. The van der Waals surface area contributed by atoms with Gasteiger partial charge >= 0.3 is 0 Å². The molecule has 0 bridgehead atoms. The van der Waals surface area contributed by atoms with Crippen molar-refractivity contribution < 1.29 is 17.9 Å². The van der Waals surface area contributed by atoms with Crippen molar-refractivity contribution in [1.29, 1.82) is 0 Å². The Bertz CT molecular complexity index is 1190. The third kappa shape index (κ3) is 5.72. The number of nitrogens with zero attached hydrogens (tertiary/aromatic N) is 6. The summed E-state index contributed by atoms with van der Waals surface area (Å²) < 4.78 is 39.3. The van der Waals surface area contributed by atoms with Crippen molar-refractivity contribution in [2.24, 2.45) is 0 Å². The molecule has 0 radical (unpaired) electrons. The molecule has 0 aliphatic rings. The minimum atomic E-state index is -3.75. The summed E-state index contributed by atoms with van der Waals surface area (Å²) in [5.41, 5.74) is 1.70. The maximum atomic E-state index is 13.4. The summed E-state index contributed by atoms with van der Waals surface area (Å²) in [7, 11) is -0.745. The van der Waals surface area contributed by atoms with Crippen LogP contribution in [0.1, 0.15) is 43.2 Å². The van der Waals surface area contributed by atoms with Crippen LogP contribution in [0.2, 0.25) is 5.02 Å². The number of hydrogen-bond donors (Lipinski definition) is 0. The molecular formula is C21H27ClN6O4S. The van der Waals surface area contributed by atoms with Crippen LogP contribution in [0.25, 0.3) is 11.4 Å². The fourth-order valence-electron chi connectivity index (χ4n) is 3.55. The number of ether oxygens (including phenoxy) is 2. The quantitative estimate of drug-likeness (QED) is 0.418. The van der Waals surface area contributed by atoms with Gasteiger partial charge in [-0.2, -0.15) is 0 Å². The lowest BCUT2D eigenvalue weighted by Gasteiger charge is -2.22. The second-order valence-electron chi connectivity index (χ2n) is 7.79. The first kappa shape index (κ1) is 25.2. The van der Waals surface area contributed by atoms with E-state index in [0.717, 1.165) is 11.1 Å². The molecule has 3 rings (SSSR count). The molecule has 178 valence electrons. The largest absolute Gasteiger partial charge is 0.383 e. The summed E-state index contributed by atoms with van der Waals surface area (Å²) in [6.07, 6.45) is 5.34. The average Bonchev–Trinajstić information content (AvgIpc) is 3.18. The maximum Gasteiger partial charge on any atom is 0.165 e. The van der Waals surface area contributed by atoms with Gasteiger partial charge in [-0.3, -0.25) is 4.98 Å². The highest BCUT2D eigenvalue weighted by atomic mass is 35.5. The molecule has 0 saturated carbocycles. The lowest BCUT2D eigenvalue weighted by Crippen LogP contribution is -2.30. The van der Waals surface area contributed by atoms with Gasteiger partial charge in [0.15, 0.2) is 21.5 Å². The summed E-state index contributed by atoms with van der Waals surface area (Å²) in [6, 6.07) is 1.71. The molecule has 0 aliphatic heterocycles. The molecule has 0 fully saturated rings. The second kappa shape index (κ2) is 10.6. The van der Waals surface area contributed by atoms with Gasteiger partial charge in [0.05, 0.1) is 22.9 Å². The SMILES string of the molecule is COC[C@@H](C)n1c(CS(=O)(=O)[C@@H](C)[C@H](OC)c2ncc(Cl)cn2)nnc1-c1cncc(C)c1. The molecule has 12 heteroatoms. The third-order valence-electron chi connectivity index (χ3n) is 5.22. The van der Waals surface area contributed by atoms with Gasteiger partial charge in [0.1, 0.15) is 17.7 Å². The van der Waals surface area contributed by atoms with Crippen LogP contribution in [0.3, 0.4) is 0 Å². The van der Waals surface area contributed by atoms with Crippen molar-refractivity contribution in [3.05, 3.63) is 53.1 Å². The van der Waals surface area contributed by atoms with Crippen molar-refractivity contribution in [3.63, 3.8) is 0 Å². The van der Waals surface area contributed by atoms with Crippen molar-refractivity contribution >= 4 is 21.4 Å². The monoisotopic (exact) mass is 494 g/mol. The van der Waals surface area contributed by atoms with Crippen LogP contribution in [0.4, 0.5) is 0 Å². The molecule has 0 amide bonds. The van der Waals surface area contributed by atoms with Crippen molar-refractivity contribution in [2.45, 2.75) is 43.9 Å². The molecule has 3 heterocycles. The van der Waals surface area contributed by atoms with E-state index in [-0.39, 0.29) is 17.6 Å². The molecule has 10 nitrogen and oxygen atoms in total. The highest BCUT2D eigenvalue weighted by Crippen LogP contribution is 2.28. The summed E-state index contributed by atoms with van der Waals surface area (Å²) in [4.78, 5) is 12.5. The average molecular weight is 495 g/mol. The van der Waals surface area contributed by atoms with E-state index in [1.807, 2.05) is 19.9 Å². The molecular weight excluding hydrogens is 468 g/mol. The van der Waals surface area contributed by atoms with Crippen LogP contribution in [0, 0.1) is 6.92 Å². The van der Waals surface area contributed by atoms with Gasteiger partial charge in [-0.25, -0.2) is 18.4 Å². The zero-order chi connectivity index (χ0) is 24.2. The molecule has 0 unspecified atom stereocenters. The number of methoxy groups -OCH3 is 2. The highest BCUT2D eigenvalue weighted by Gasteiger charge is 2.35. The minimum Gasteiger partial charge on any atom is -0.383 e. The highest BCUT2D eigenvalue weighted by molar-refractivity contribution is 7.91. The molecule has 33 heavy (non-hydrogen) atoms. The second-order valence-corrected chi connectivity index (χ2v) is 10.6. The Morgan fingerprint density at radius 2 is 1.79 bits per heavy atom. The zero-order valence-electron chi connectivity index (χ0n) is 19.1. The first-order chi connectivity index (χ1) is 15.7. The molecule has 0 N–H and O–H groups in total. The Balaban J connectivity index is 1.97. The first-order valence-corrected chi connectivity index (χ1v) is 12.3. The fraction of sp³-hybridized carbons (Fsp3) is 0.476. The summed E-state index contributed by atoms with van der Waals surface area (Å²) in [5, 5.41) is 7.91. The van der Waals surface area contributed by atoms with E-state index >= 15 is 0 Å². The number of sulfone groups is 1. The topological polar surface area (TPSA) is 122 Å². The van der Waals surface area contributed by atoms with E-state index < -0.39 is 21.2 Å². The van der Waals surface area contributed by atoms with Crippen molar-refractivity contribution in [1.82, 2.24) is 29.7 Å². The molecule has 0 aromatic carbocycles. The van der Waals surface area contributed by atoms with E-state index in [2.05, 4.69) is 25.1 Å². The van der Waals surface area contributed by atoms with Crippen LogP contribution in [0.5, 0.6) is 0 Å². The van der Waals surface area contributed by atoms with Crippen LogP contribution >= 0.6 is 11.6 Å². The Hall–Kier alpha value is -2.47. The van der Waals surface area contributed by atoms with Gasteiger partial charge in [-0.15, -0.1) is 10.2 Å². The number of hydrogen-bond acceptors (Lipinski definition) is 9. The predicted octanol–water partition coefficient (Wildman–Crippen LogP) is 2.99. The van der Waals surface area contributed by atoms with E-state index in [1.54, 1.807) is 31.0 Å². The van der Waals surface area contributed by atoms with Gasteiger partial charge in [0.25, 0.3) is 0 Å². The number of pyridine rings is 1. The lowest BCUT2D eigenvalue weighted by molar-refractivity contribution is 0.0948. The summed E-state index contributed by atoms with van der Waals surface area (Å²) in [5.74, 6) is 0.716. The Morgan fingerprint density at radius 1 is 1.09 bits per heavy atom. The molecule has 0 aliphatic carbocycles. The Kier molecular flexibility index (Phi) is 8.11. The Labute approximate surface area is 198 Å². The minimum absolute atomic E-state index is 0.209. The smallest absolute Gasteiger partial charge is 0.165 e. The van der Waals surface area contributed by atoms with Gasteiger partial charge in [-0.05, 0) is 32.4 Å². The van der Waals surface area contributed by atoms with Crippen LogP contribution < -0.4 is 0 Å². The zero-order valence-corrected chi connectivity index (χ0v) is 20.7. The first-order valence-electron chi connectivity index (χ1n) is 10.2. The normalized spacial score (nSPS) is 14.7. The van der Waals surface area contributed by atoms with Crippen LogP contribution in [0.15, 0.2) is 30.9 Å². The van der Waals surface area contributed by atoms with E-state index in [1.165, 1.54) is 19.5 Å². The van der Waals surface area contributed by atoms with Crippen LogP contribution in [-0.2, 0) is 25.1 Å². The maximum absolute atomic E-state index is 13.4. The van der Waals surface area contributed by atoms with E-state index in [4.69, 9.17) is 21.1 Å². The van der Waals surface area contributed by atoms with Gasteiger partial charge in [0.2, 0.25) is 0 Å². The molecule has 3 aromatic rings. The standard InChI is InChI=1S/C21H27ClN6O4S/c1-13-6-16(8-23-7-13)21-27-26-18(28(21)14(2)11-31-4)12-33(29,30)15(3)19(32-5)20-24-9-17(22)10-25-20/h6-10,14-15,19H,11-12H2,1-5H3/t14-,15+,19+/m1/s1. The lowest BCUT2D eigenvalue weighted by atomic mass is 10.2. The van der Waals surface area contributed by atoms with Gasteiger partial charge < -0.3 is 14.0 Å². The molecule has 0 spiro atoms. The van der Waals surface area contributed by atoms with Crippen molar-refractivity contribution in [3.8, 4) is 11.4 Å². The third-order valence-corrected chi connectivity index (χ3v) is 7.46. The predicted molar refractivity (Wildman–Crippen MR) is 123 cm³/mol. The fourth-order valence-corrected chi connectivity index (χ4v) is 5.08. The van der Waals surface area contributed by atoms with Gasteiger partial charge in [0, 0.05) is 44.6 Å². The van der Waals surface area contributed by atoms with E-state index in [9.17, 15) is 8.42 Å². The number of rotatable bonds is 10.